The molecule has 0 saturated carbocycles. The number of carbonyl (C=O) groups excluding carboxylic acids is 2. The summed E-state index contributed by atoms with van der Waals surface area (Å²) in [6, 6.07) is -2.97. The van der Waals surface area contributed by atoms with Gasteiger partial charge in [-0.15, -0.1) is 0 Å². The maximum atomic E-state index is 11.4. The summed E-state index contributed by atoms with van der Waals surface area (Å²) in [5, 5.41) is 20.9. The quantitative estimate of drug-likeness (QED) is 0.214. The lowest BCUT2D eigenvalue weighted by Gasteiger charge is -2.17. The number of amides is 2. The van der Waals surface area contributed by atoms with Gasteiger partial charge in [-0.1, -0.05) is 0 Å². The summed E-state index contributed by atoms with van der Waals surface area (Å²) in [4.78, 5) is 43.3. The summed E-state index contributed by atoms with van der Waals surface area (Å²) in [6.45, 7) is -0.621. The number of hydrogen-bond donors (Lipinski definition) is 6. The molecule has 0 aliphatic carbocycles. The zero-order chi connectivity index (χ0) is 14.3. The van der Waals surface area contributed by atoms with Crippen molar-refractivity contribution in [3.63, 3.8) is 0 Å². The summed E-state index contributed by atoms with van der Waals surface area (Å²) in [7, 11) is 0. The Morgan fingerprint density at radius 1 is 1.17 bits per heavy atom. The molecule has 10 heteroatoms. The maximum absolute atomic E-state index is 11.4. The van der Waals surface area contributed by atoms with Gasteiger partial charge in [0.05, 0.1) is 0 Å². The van der Waals surface area contributed by atoms with E-state index in [0.29, 0.717) is 0 Å². The van der Waals surface area contributed by atoms with E-state index in [0.717, 1.165) is 0 Å². The first kappa shape index (κ1) is 16.2. The minimum Gasteiger partial charge on any atom is -0.480 e. The third-order valence-corrected chi connectivity index (χ3v) is 2.14. The Labute approximate surface area is 107 Å². The smallest absolute Gasteiger partial charge is 0.330 e. The van der Waals surface area contributed by atoms with Crippen LogP contribution in [0.1, 0.15) is 0 Å². The predicted octanol–water partition coefficient (Wildman–Crippen LogP) is -2.99. The molecule has 0 saturated heterocycles. The molecule has 0 aromatic carbocycles. The third kappa shape index (κ3) is 5.50. The molecule has 0 aliphatic rings. The minimum absolute atomic E-state index is 0.135. The zero-order valence-electron chi connectivity index (χ0n) is 9.12. The van der Waals surface area contributed by atoms with Crippen molar-refractivity contribution >= 4 is 36.4 Å². The largest absolute Gasteiger partial charge is 0.480 e. The van der Waals surface area contributed by atoms with Gasteiger partial charge in [0.25, 0.3) is 0 Å². The zero-order valence-corrected chi connectivity index (χ0v) is 10.0. The molecule has 0 spiro atoms. The van der Waals surface area contributed by atoms with Crippen LogP contribution in [0.15, 0.2) is 0 Å². The topological polar surface area (TPSA) is 159 Å². The molecule has 18 heavy (non-hydrogen) atoms. The molecule has 0 rings (SSSR count). The fraction of sp³-hybridized carbons (Fsp3) is 0.500. The normalized spacial score (nSPS) is 13.2. The monoisotopic (exact) mass is 279 g/mol. The summed E-state index contributed by atoms with van der Waals surface area (Å²) in [6.07, 6.45) is 0. The Hall–Kier alpha value is -1.81. The van der Waals surface area contributed by atoms with Crippen LogP contribution in [0.3, 0.4) is 0 Å². The molecule has 0 bridgehead atoms. The van der Waals surface area contributed by atoms with Crippen LogP contribution in [0.2, 0.25) is 0 Å². The SMILES string of the molecule is N[C@H](C(=O)O)C(=O)NC(CS)C(=O)NCC(=O)O. The van der Waals surface area contributed by atoms with Gasteiger partial charge in [-0.05, 0) is 0 Å². The predicted molar refractivity (Wildman–Crippen MR) is 62.0 cm³/mol. The Morgan fingerprint density at radius 2 is 1.72 bits per heavy atom. The average molecular weight is 279 g/mol. The van der Waals surface area contributed by atoms with Crippen LogP contribution >= 0.6 is 12.6 Å². The van der Waals surface area contributed by atoms with Gasteiger partial charge in [-0.25, -0.2) is 4.79 Å². The van der Waals surface area contributed by atoms with Crippen LogP contribution in [-0.2, 0) is 19.2 Å². The highest BCUT2D eigenvalue weighted by Crippen LogP contribution is 1.91. The molecule has 0 fully saturated rings. The van der Waals surface area contributed by atoms with Crippen molar-refractivity contribution in [2.24, 2.45) is 5.73 Å². The summed E-state index contributed by atoms with van der Waals surface area (Å²) in [5.74, 6) is -4.79. The Kier molecular flexibility index (Phi) is 6.75. The summed E-state index contributed by atoms with van der Waals surface area (Å²) in [5.41, 5.74) is 5.02. The first-order valence-electron chi connectivity index (χ1n) is 4.68. The van der Waals surface area contributed by atoms with Gasteiger partial charge in [0.1, 0.15) is 12.6 Å². The fourth-order valence-corrected chi connectivity index (χ4v) is 1.11. The number of thiol groups is 1. The molecule has 2 amide bonds. The molecule has 0 radical (unpaired) electrons. The van der Waals surface area contributed by atoms with Crippen molar-refractivity contribution in [2.45, 2.75) is 12.1 Å². The van der Waals surface area contributed by atoms with E-state index in [1.807, 2.05) is 10.6 Å². The molecule has 0 aliphatic heterocycles. The Bertz CT molecular complexity index is 361. The lowest BCUT2D eigenvalue weighted by molar-refractivity contribution is -0.143. The number of carbonyl (C=O) groups is 4. The first-order valence-corrected chi connectivity index (χ1v) is 5.32. The fourth-order valence-electron chi connectivity index (χ4n) is 0.854. The van der Waals surface area contributed by atoms with Gasteiger partial charge >= 0.3 is 11.9 Å². The second-order valence-electron chi connectivity index (χ2n) is 3.17. The molecule has 6 N–H and O–H groups in total. The van der Waals surface area contributed by atoms with E-state index >= 15 is 0 Å². The van der Waals surface area contributed by atoms with Gasteiger partial charge in [0, 0.05) is 5.75 Å². The second-order valence-corrected chi connectivity index (χ2v) is 3.54. The van der Waals surface area contributed by atoms with E-state index < -0.39 is 42.4 Å². The molecular formula is C8H13N3O6S. The van der Waals surface area contributed by atoms with Crippen molar-refractivity contribution < 1.29 is 29.4 Å². The number of nitrogens with two attached hydrogens (primary N) is 1. The van der Waals surface area contributed by atoms with Crippen LogP contribution in [-0.4, -0.2) is 58.3 Å². The molecule has 2 atom stereocenters. The van der Waals surface area contributed by atoms with Crippen LogP contribution in [0.5, 0.6) is 0 Å². The summed E-state index contributed by atoms with van der Waals surface area (Å²) < 4.78 is 0. The first-order chi connectivity index (χ1) is 8.29. The molecule has 0 aromatic rings. The molecule has 9 nitrogen and oxygen atoms in total. The minimum atomic E-state index is -1.81. The lowest BCUT2D eigenvalue weighted by Crippen LogP contribution is -2.55. The Morgan fingerprint density at radius 3 is 2.11 bits per heavy atom. The highest BCUT2D eigenvalue weighted by Gasteiger charge is 2.26. The molecule has 102 valence electrons. The van der Waals surface area contributed by atoms with Gasteiger partial charge in [-0.3, -0.25) is 14.4 Å². The maximum Gasteiger partial charge on any atom is 0.330 e. The average Bonchev–Trinajstić information content (AvgIpc) is 2.31. The van der Waals surface area contributed by atoms with Crippen LogP contribution in [0.4, 0.5) is 0 Å². The highest BCUT2D eigenvalue weighted by atomic mass is 32.1. The number of aliphatic carboxylic acids is 2. The number of nitrogens with one attached hydrogen (secondary N) is 2. The van der Waals surface area contributed by atoms with Gasteiger partial charge in [0.15, 0.2) is 6.04 Å². The standard InChI is InChI=1S/C8H13N3O6S/c9-5(8(16)17)7(15)11-3(2-18)6(14)10-1-4(12)13/h3,5,18H,1-2,9H2,(H,10,14)(H,11,15)(H,12,13)(H,16,17)/t3?,5-/m0/s1. The van der Waals surface area contributed by atoms with Crippen molar-refractivity contribution in [3.05, 3.63) is 0 Å². The third-order valence-electron chi connectivity index (χ3n) is 1.78. The number of rotatable bonds is 7. The molecule has 0 heterocycles. The molecule has 0 aromatic heterocycles. The second kappa shape index (κ2) is 7.50. The number of hydrogen-bond acceptors (Lipinski definition) is 6. The molecule has 1 unspecified atom stereocenters. The van der Waals surface area contributed by atoms with Crippen molar-refractivity contribution in [3.8, 4) is 0 Å². The molecular weight excluding hydrogens is 266 g/mol. The number of carboxylic acid groups (broad SMARTS) is 2. The van der Waals surface area contributed by atoms with E-state index in [2.05, 4.69) is 12.6 Å². The summed E-state index contributed by atoms with van der Waals surface area (Å²) >= 11 is 3.78. The highest BCUT2D eigenvalue weighted by molar-refractivity contribution is 7.80. The van der Waals surface area contributed by atoms with Crippen LogP contribution < -0.4 is 16.4 Å². The Balaban J connectivity index is 4.42. The van der Waals surface area contributed by atoms with Crippen molar-refractivity contribution in [1.29, 1.82) is 0 Å². The van der Waals surface area contributed by atoms with Crippen molar-refractivity contribution in [1.82, 2.24) is 10.6 Å². The van der Waals surface area contributed by atoms with E-state index in [1.165, 1.54) is 0 Å². The van der Waals surface area contributed by atoms with Gasteiger partial charge in [-0.2, -0.15) is 12.6 Å². The van der Waals surface area contributed by atoms with Crippen LogP contribution in [0.25, 0.3) is 0 Å². The van der Waals surface area contributed by atoms with Gasteiger partial charge < -0.3 is 26.6 Å². The van der Waals surface area contributed by atoms with E-state index in [1.54, 1.807) is 0 Å². The van der Waals surface area contributed by atoms with Crippen LogP contribution in [0, 0.1) is 0 Å². The van der Waals surface area contributed by atoms with E-state index in [-0.39, 0.29) is 5.75 Å². The number of carboxylic acids is 2. The van der Waals surface area contributed by atoms with E-state index in [4.69, 9.17) is 15.9 Å². The lowest BCUT2D eigenvalue weighted by atomic mass is 10.2. The van der Waals surface area contributed by atoms with E-state index in [9.17, 15) is 19.2 Å². The van der Waals surface area contributed by atoms with Crippen molar-refractivity contribution in [2.75, 3.05) is 12.3 Å². The van der Waals surface area contributed by atoms with Gasteiger partial charge in [0.2, 0.25) is 11.8 Å².